The Morgan fingerprint density at radius 3 is 2.30 bits per heavy atom. The molecule has 0 amide bonds. The SMILES string of the molecule is CC.CC(=O)C1(O)c2ccccc2-c2ccc(Cl)cc21. The smallest absolute Gasteiger partial charge is 0.174 e. The Hall–Kier alpha value is -1.64. The quantitative estimate of drug-likeness (QED) is 0.855. The summed E-state index contributed by atoms with van der Waals surface area (Å²) in [6.45, 7) is 5.40. The number of ketones is 1. The van der Waals surface area contributed by atoms with Gasteiger partial charge in [-0.2, -0.15) is 0 Å². The molecule has 1 atom stereocenters. The van der Waals surface area contributed by atoms with Crippen LogP contribution < -0.4 is 0 Å². The maximum absolute atomic E-state index is 11.9. The molecule has 0 radical (unpaired) electrons. The lowest BCUT2D eigenvalue weighted by Gasteiger charge is -2.22. The van der Waals surface area contributed by atoms with Crippen LogP contribution in [-0.2, 0) is 10.4 Å². The van der Waals surface area contributed by atoms with E-state index in [1.165, 1.54) is 6.92 Å². The molecule has 1 aliphatic rings. The third kappa shape index (κ3) is 1.96. The van der Waals surface area contributed by atoms with Gasteiger partial charge in [-0.05, 0) is 30.2 Å². The van der Waals surface area contributed by atoms with E-state index in [9.17, 15) is 9.90 Å². The fourth-order valence-electron chi connectivity index (χ4n) is 2.61. The largest absolute Gasteiger partial charge is 0.373 e. The van der Waals surface area contributed by atoms with E-state index in [-0.39, 0.29) is 5.78 Å². The second kappa shape index (κ2) is 5.39. The van der Waals surface area contributed by atoms with Gasteiger partial charge < -0.3 is 5.11 Å². The lowest BCUT2D eigenvalue weighted by Crippen LogP contribution is -2.32. The molecule has 0 aliphatic heterocycles. The van der Waals surface area contributed by atoms with Crippen molar-refractivity contribution in [2.75, 3.05) is 0 Å². The summed E-state index contributed by atoms with van der Waals surface area (Å²) in [4.78, 5) is 11.9. The molecule has 1 N–H and O–H groups in total. The number of benzene rings is 2. The minimum absolute atomic E-state index is 0.295. The van der Waals surface area contributed by atoms with Crippen molar-refractivity contribution >= 4 is 17.4 Å². The summed E-state index contributed by atoms with van der Waals surface area (Å²) in [5.41, 5.74) is 1.39. The highest BCUT2D eigenvalue weighted by Gasteiger charge is 2.45. The van der Waals surface area contributed by atoms with Crippen LogP contribution in [0.15, 0.2) is 42.5 Å². The van der Waals surface area contributed by atoms with Crippen LogP contribution >= 0.6 is 11.6 Å². The zero-order chi connectivity index (χ0) is 14.9. The molecule has 3 rings (SSSR count). The van der Waals surface area contributed by atoms with Crippen LogP contribution in [0, 0.1) is 0 Å². The van der Waals surface area contributed by atoms with Crippen molar-refractivity contribution in [1.82, 2.24) is 0 Å². The number of hydrogen-bond donors (Lipinski definition) is 1. The number of rotatable bonds is 1. The van der Waals surface area contributed by atoms with E-state index in [4.69, 9.17) is 11.6 Å². The topological polar surface area (TPSA) is 37.3 Å². The molecule has 2 aromatic carbocycles. The van der Waals surface area contributed by atoms with E-state index in [2.05, 4.69) is 0 Å². The molecular formula is C17H17ClO2. The Kier molecular flexibility index (Phi) is 3.98. The van der Waals surface area contributed by atoms with Gasteiger partial charge in [-0.25, -0.2) is 0 Å². The molecule has 0 fully saturated rings. The Labute approximate surface area is 124 Å². The van der Waals surface area contributed by atoms with Gasteiger partial charge in [0.1, 0.15) is 0 Å². The van der Waals surface area contributed by atoms with Gasteiger partial charge in [0.2, 0.25) is 0 Å². The molecular weight excluding hydrogens is 272 g/mol. The van der Waals surface area contributed by atoms with Gasteiger partial charge in [-0.1, -0.05) is 55.8 Å². The van der Waals surface area contributed by atoms with Crippen molar-refractivity contribution in [3.05, 3.63) is 58.6 Å². The minimum atomic E-state index is -1.57. The Morgan fingerprint density at radius 2 is 1.65 bits per heavy atom. The molecule has 20 heavy (non-hydrogen) atoms. The van der Waals surface area contributed by atoms with Crippen molar-refractivity contribution < 1.29 is 9.90 Å². The first-order chi connectivity index (χ1) is 9.55. The van der Waals surface area contributed by atoms with E-state index in [0.29, 0.717) is 16.1 Å². The van der Waals surface area contributed by atoms with E-state index >= 15 is 0 Å². The summed E-state index contributed by atoms with van der Waals surface area (Å²) in [6.07, 6.45) is 0. The van der Waals surface area contributed by atoms with Crippen LogP contribution in [0.4, 0.5) is 0 Å². The van der Waals surface area contributed by atoms with Gasteiger partial charge >= 0.3 is 0 Å². The molecule has 2 aromatic rings. The van der Waals surface area contributed by atoms with Gasteiger partial charge in [-0.3, -0.25) is 4.79 Å². The van der Waals surface area contributed by atoms with E-state index in [1.54, 1.807) is 18.2 Å². The first kappa shape index (κ1) is 14.8. The fraction of sp³-hybridized carbons (Fsp3) is 0.235. The highest BCUT2D eigenvalue weighted by molar-refractivity contribution is 6.30. The standard InChI is InChI=1S/C15H11ClO2.C2H6/c1-9(17)15(18)13-5-3-2-4-11(13)12-7-6-10(16)8-14(12)15;1-2/h2-8,18H,1H3;1-2H3. The van der Waals surface area contributed by atoms with Crippen LogP contribution in [0.25, 0.3) is 11.1 Å². The summed E-state index contributed by atoms with van der Waals surface area (Å²) in [7, 11) is 0. The van der Waals surface area contributed by atoms with E-state index < -0.39 is 5.60 Å². The third-order valence-electron chi connectivity index (χ3n) is 3.49. The first-order valence-electron chi connectivity index (χ1n) is 6.68. The van der Waals surface area contributed by atoms with E-state index in [0.717, 1.165) is 11.1 Å². The second-order valence-corrected chi connectivity index (χ2v) is 4.94. The van der Waals surface area contributed by atoms with Crippen molar-refractivity contribution in [3.8, 4) is 11.1 Å². The second-order valence-electron chi connectivity index (χ2n) is 4.50. The Balaban J connectivity index is 0.000000704. The number of fused-ring (bicyclic) bond motifs is 3. The number of carbonyl (C=O) groups is 1. The normalized spacial score (nSPS) is 18.6. The number of hydrogen-bond acceptors (Lipinski definition) is 2. The van der Waals surface area contributed by atoms with Crippen LogP contribution in [0.3, 0.4) is 0 Å². The van der Waals surface area contributed by atoms with Crippen LogP contribution in [-0.4, -0.2) is 10.9 Å². The van der Waals surface area contributed by atoms with Gasteiger partial charge in [0.05, 0.1) is 0 Å². The monoisotopic (exact) mass is 288 g/mol. The number of carbonyl (C=O) groups excluding carboxylic acids is 1. The number of Topliss-reactive ketones (excluding diaryl/α,β-unsaturated/α-hetero) is 1. The predicted molar refractivity (Wildman–Crippen MR) is 81.9 cm³/mol. The van der Waals surface area contributed by atoms with Crippen molar-refractivity contribution in [2.24, 2.45) is 0 Å². The average molecular weight is 289 g/mol. The predicted octanol–water partition coefficient (Wildman–Crippen LogP) is 4.17. The highest BCUT2D eigenvalue weighted by atomic mass is 35.5. The first-order valence-corrected chi connectivity index (χ1v) is 7.06. The zero-order valence-electron chi connectivity index (χ0n) is 11.8. The highest BCUT2D eigenvalue weighted by Crippen LogP contribution is 2.48. The summed E-state index contributed by atoms with van der Waals surface area (Å²) >= 11 is 5.98. The Bertz CT molecular complexity index is 664. The molecule has 0 saturated carbocycles. The van der Waals surface area contributed by atoms with Crippen LogP contribution in [0.1, 0.15) is 31.9 Å². The maximum atomic E-state index is 11.9. The molecule has 1 unspecified atom stereocenters. The number of halogens is 1. The van der Waals surface area contributed by atoms with Gasteiger partial charge in [0.15, 0.2) is 11.4 Å². The van der Waals surface area contributed by atoms with Gasteiger partial charge in [0.25, 0.3) is 0 Å². The lowest BCUT2D eigenvalue weighted by molar-refractivity contribution is -0.131. The average Bonchev–Trinajstić information content (AvgIpc) is 2.72. The molecule has 0 aromatic heterocycles. The summed E-state index contributed by atoms with van der Waals surface area (Å²) in [5, 5.41) is 11.3. The fourth-order valence-corrected chi connectivity index (χ4v) is 2.78. The summed E-state index contributed by atoms with van der Waals surface area (Å²) in [6, 6.07) is 12.7. The third-order valence-corrected chi connectivity index (χ3v) is 3.72. The van der Waals surface area contributed by atoms with Crippen molar-refractivity contribution in [3.63, 3.8) is 0 Å². The molecule has 0 heterocycles. The molecule has 0 bridgehead atoms. The molecule has 2 nitrogen and oxygen atoms in total. The maximum Gasteiger partial charge on any atom is 0.174 e. The molecule has 104 valence electrons. The zero-order valence-corrected chi connectivity index (χ0v) is 12.5. The molecule has 3 heteroatoms. The van der Waals surface area contributed by atoms with Crippen LogP contribution in [0.5, 0.6) is 0 Å². The molecule has 1 aliphatic carbocycles. The lowest BCUT2D eigenvalue weighted by atomic mass is 9.88. The molecule has 0 spiro atoms. The Morgan fingerprint density at radius 1 is 1.05 bits per heavy atom. The van der Waals surface area contributed by atoms with E-state index in [1.807, 2.05) is 38.1 Å². The minimum Gasteiger partial charge on any atom is -0.373 e. The summed E-state index contributed by atoms with van der Waals surface area (Å²) < 4.78 is 0. The van der Waals surface area contributed by atoms with Crippen molar-refractivity contribution in [1.29, 1.82) is 0 Å². The summed E-state index contributed by atoms with van der Waals surface area (Å²) in [5.74, 6) is -0.295. The van der Waals surface area contributed by atoms with Crippen LogP contribution in [0.2, 0.25) is 5.02 Å². The number of aliphatic hydroxyl groups is 1. The molecule has 0 saturated heterocycles. The van der Waals surface area contributed by atoms with Crippen molar-refractivity contribution in [2.45, 2.75) is 26.4 Å². The van der Waals surface area contributed by atoms with Gasteiger partial charge in [-0.15, -0.1) is 0 Å². The van der Waals surface area contributed by atoms with Gasteiger partial charge in [0, 0.05) is 16.1 Å².